The zero-order valence-electron chi connectivity index (χ0n) is 14.8. The van der Waals surface area contributed by atoms with Gasteiger partial charge >= 0.3 is 12.1 Å². The number of esters is 1. The minimum Gasteiger partial charge on any atom is -0.463 e. The van der Waals surface area contributed by atoms with E-state index in [9.17, 15) is 18.0 Å². The van der Waals surface area contributed by atoms with E-state index in [1.165, 1.54) is 18.2 Å². The maximum atomic E-state index is 13.0. The van der Waals surface area contributed by atoms with Crippen LogP contribution < -0.4 is 4.74 Å². The molecule has 0 amide bonds. The summed E-state index contributed by atoms with van der Waals surface area (Å²) >= 11 is 11.8. The van der Waals surface area contributed by atoms with E-state index in [2.05, 4.69) is 10.3 Å². The lowest BCUT2D eigenvalue weighted by atomic mass is 10.1. The van der Waals surface area contributed by atoms with Crippen molar-refractivity contribution >= 4 is 34.9 Å². The van der Waals surface area contributed by atoms with Crippen LogP contribution in [0.5, 0.6) is 5.88 Å². The van der Waals surface area contributed by atoms with Gasteiger partial charge in [-0.3, -0.25) is 4.68 Å². The van der Waals surface area contributed by atoms with E-state index in [1.54, 1.807) is 0 Å². The van der Waals surface area contributed by atoms with E-state index in [1.807, 2.05) is 6.92 Å². The molecule has 0 aliphatic heterocycles. The number of nitrogens with zero attached hydrogens (tertiary/aromatic N) is 3. The molecule has 7 nitrogen and oxygen atoms in total. The predicted octanol–water partition coefficient (Wildman–Crippen LogP) is 3.86. The van der Waals surface area contributed by atoms with Crippen LogP contribution in [0.25, 0.3) is 0 Å². The van der Waals surface area contributed by atoms with Gasteiger partial charge in [0.05, 0.1) is 12.0 Å². The molecule has 0 N–H and O–H groups in total. The number of aromatic nitrogens is 2. The molecule has 1 atom stereocenters. The summed E-state index contributed by atoms with van der Waals surface area (Å²) in [6, 6.07) is 0. The molecular formula is C16H16Cl2F3N3O4. The van der Waals surface area contributed by atoms with Gasteiger partial charge in [-0.2, -0.15) is 13.2 Å². The lowest BCUT2D eigenvalue weighted by molar-refractivity contribution is -0.149. The van der Waals surface area contributed by atoms with E-state index >= 15 is 0 Å². The molecule has 154 valence electrons. The summed E-state index contributed by atoms with van der Waals surface area (Å²) in [4.78, 5) is 16.3. The molecule has 0 saturated heterocycles. The second kappa shape index (κ2) is 9.33. The van der Waals surface area contributed by atoms with Crippen LogP contribution in [0, 0.1) is 0 Å². The lowest BCUT2D eigenvalue weighted by Gasteiger charge is -2.13. The number of aryl methyl sites for hydroxylation is 1. The summed E-state index contributed by atoms with van der Waals surface area (Å²) in [5.41, 5.74) is -0.965. The third kappa shape index (κ3) is 5.65. The Balaban J connectivity index is 2.10. The smallest absolute Gasteiger partial charge is 0.434 e. The average Bonchev–Trinajstić information content (AvgIpc) is 2.89. The molecule has 2 rings (SSSR count). The van der Waals surface area contributed by atoms with Gasteiger partial charge in [-0.05, 0) is 12.5 Å². The standard InChI is InChI=1S/C16H16Cl2F3N3O4/c1-3-6-26-12(25)8-27-23-11-7-9(4-5-10(11)17)28-15-13(18)14(16(19,20)21)24(2)22-15/h4-5,7,10H,3,6,8H2,1-2H3. The zero-order valence-corrected chi connectivity index (χ0v) is 16.3. The Kier molecular flexibility index (Phi) is 7.36. The minimum atomic E-state index is -4.69. The second-order valence-corrected chi connectivity index (χ2v) is 6.36. The van der Waals surface area contributed by atoms with Crippen molar-refractivity contribution in [1.82, 2.24) is 9.78 Å². The molecule has 1 heterocycles. The van der Waals surface area contributed by atoms with Crippen LogP contribution in [-0.4, -0.2) is 40.1 Å². The highest BCUT2D eigenvalue weighted by Gasteiger charge is 2.39. The fourth-order valence-corrected chi connectivity index (χ4v) is 2.55. The average molecular weight is 442 g/mol. The van der Waals surface area contributed by atoms with Crippen molar-refractivity contribution in [1.29, 1.82) is 0 Å². The molecule has 0 spiro atoms. The van der Waals surface area contributed by atoms with Crippen LogP contribution >= 0.6 is 23.2 Å². The molecule has 1 aliphatic rings. The summed E-state index contributed by atoms with van der Waals surface area (Å²) in [5, 5.41) is 5.99. The van der Waals surface area contributed by atoms with Crippen LogP contribution in [0.2, 0.25) is 5.02 Å². The van der Waals surface area contributed by atoms with E-state index < -0.39 is 40.7 Å². The first-order chi connectivity index (χ1) is 13.1. The number of halogens is 5. The van der Waals surface area contributed by atoms with Crippen molar-refractivity contribution < 1.29 is 32.3 Å². The summed E-state index contributed by atoms with van der Waals surface area (Å²) in [6.45, 7) is 1.70. The third-order valence-electron chi connectivity index (χ3n) is 3.26. The van der Waals surface area contributed by atoms with Crippen molar-refractivity contribution in [3.63, 3.8) is 0 Å². The topological polar surface area (TPSA) is 74.9 Å². The van der Waals surface area contributed by atoms with Gasteiger partial charge in [0.15, 0.2) is 5.69 Å². The number of hydrogen-bond acceptors (Lipinski definition) is 6. The maximum Gasteiger partial charge on any atom is 0.434 e. The van der Waals surface area contributed by atoms with Gasteiger partial charge in [0, 0.05) is 13.1 Å². The van der Waals surface area contributed by atoms with Gasteiger partial charge in [0.1, 0.15) is 16.5 Å². The zero-order chi connectivity index (χ0) is 20.9. The molecule has 0 radical (unpaired) electrons. The summed E-state index contributed by atoms with van der Waals surface area (Å²) in [6.07, 6.45) is 0.198. The van der Waals surface area contributed by atoms with Crippen LogP contribution in [0.15, 0.2) is 29.1 Å². The number of allylic oxidation sites excluding steroid dienone is 3. The molecule has 1 aliphatic carbocycles. The molecule has 1 aromatic heterocycles. The summed E-state index contributed by atoms with van der Waals surface area (Å²) in [5.74, 6) is -0.936. The highest BCUT2D eigenvalue weighted by molar-refractivity contribution is 6.36. The highest BCUT2D eigenvalue weighted by atomic mass is 35.5. The van der Waals surface area contributed by atoms with E-state index in [-0.39, 0.29) is 18.1 Å². The van der Waals surface area contributed by atoms with Crippen molar-refractivity contribution in [2.45, 2.75) is 24.9 Å². The Morgan fingerprint density at radius 3 is 2.75 bits per heavy atom. The van der Waals surface area contributed by atoms with E-state index in [4.69, 9.17) is 37.5 Å². The first kappa shape index (κ1) is 22.1. The van der Waals surface area contributed by atoms with Crippen LogP contribution in [0.4, 0.5) is 13.2 Å². The molecule has 12 heteroatoms. The Bertz CT molecular complexity index is 819. The minimum absolute atomic E-state index is 0.0848. The molecule has 0 saturated carbocycles. The predicted molar refractivity (Wildman–Crippen MR) is 95.3 cm³/mol. The fraction of sp³-hybridized carbons (Fsp3) is 0.438. The molecule has 0 aromatic carbocycles. The number of hydrogen-bond donors (Lipinski definition) is 0. The van der Waals surface area contributed by atoms with Gasteiger partial charge in [-0.25, -0.2) is 4.79 Å². The first-order valence-corrected chi connectivity index (χ1v) is 8.82. The number of ether oxygens (including phenoxy) is 2. The number of oxime groups is 1. The molecule has 28 heavy (non-hydrogen) atoms. The Morgan fingerprint density at radius 1 is 1.43 bits per heavy atom. The maximum absolute atomic E-state index is 13.0. The lowest BCUT2D eigenvalue weighted by Crippen LogP contribution is -2.17. The first-order valence-electron chi connectivity index (χ1n) is 8.00. The Morgan fingerprint density at radius 2 is 2.14 bits per heavy atom. The van der Waals surface area contributed by atoms with Crippen LogP contribution in [0.3, 0.4) is 0 Å². The SMILES string of the molecule is CCCOC(=O)CON=C1C=C(Oc2nn(C)c(C(F)(F)F)c2Cl)C=CC1Cl. The second-order valence-electron chi connectivity index (χ2n) is 5.51. The number of carbonyl (C=O) groups is 1. The van der Waals surface area contributed by atoms with Crippen LogP contribution in [-0.2, 0) is 27.6 Å². The number of alkyl halides is 4. The Labute approximate surface area is 168 Å². The van der Waals surface area contributed by atoms with E-state index in [0.717, 1.165) is 7.05 Å². The molecule has 1 unspecified atom stereocenters. The van der Waals surface area contributed by atoms with Crippen molar-refractivity contribution in [3.8, 4) is 5.88 Å². The van der Waals surface area contributed by atoms with Crippen molar-refractivity contribution in [3.05, 3.63) is 34.7 Å². The van der Waals surface area contributed by atoms with E-state index in [0.29, 0.717) is 11.1 Å². The highest BCUT2D eigenvalue weighted by Crippen LogP contribution is 2.39. The largest absolute Gasteiger partial charge is 0.463 e. The summed E-state index contributed by atoms with van der Waals surface area (Å²) < 4.78 is 49.7. The number of carbonyl (C=O) groups excluding carboxylic acids is 1. The molecular weight excluding hydrogens is 426 g/mol. The van der Waals surface area contributed by atoms with Gasteiger partial charge in [0.25, 0.3) is 5.88 Å². The molecule has 1 aromatic rings. The van der Waals surface area contributed by atoms with Crippen molar-refractivity contribution in [2.75, 3.05) is 13.2 Å². The van der Waals surface area contributed by atoms with Gasteiger partial charge in [-0.1, -0.05) is 29.8 Å². The normalized spacial score (nSPS) is 18.2. The molecule has 0 fully saturated rings. The Hall–Kier alpha value is -2.20. The fourth-order valence-electron chi connectivity index (χ4n) is 2.07. The van der Waals surface area contributed by atoms with Gasteiger partial charge in [0.2, 0.25) is 6.61 Å². The van der Waals surface area contributed by atoms with Gasteiger partial charge < -0.3 is 14.3 Å². The third-order valence-corrected chi connectivity index (χ3v) is 3.97. The van der Waals surface area contributed by atoms with Gasteiger partial charge in [-0.15, -0.1) is 16.7 Å². The van der Waals surface area contributed by atoms with Crippen LogP contribution in [0.1, 0.15) is 19.0 Å². The quantitative estimate of drug-likeness (QED) is 0.364. The monoisotopic (exact) mass is 441 g/mol. The van der Waals surface area contributed by atoms with Crippen molar-refractivity contribution in [2.24, 2.45) is 12.2 Å². The number of rotatable bonds is 7. The summed E-state index contributed by atoms with van der Waals surface area (Å²) in [7, 11) is 1.10. The molecule has 0 bridgehead atoms.